The van der Waals surface area contributed by atoms with Crippen LogP contribution in [0.3, 0.4) is 0 Å². The standard InChI is InChI=1S/C26H27NO4/c1-16-18(10-11-24(28)27-14-17-8-6-5-7-9-17)25(29)31-23-13-22-20(12-19(16)23)21(15-30-22)26(2,3)4/h5-9,12-13,15H,10-11,14H2,1-4H3,(H,27,28). The predicted octanol–water partition coefficient (Wildman–Crippen LogP) is 5.39. The van der Waals surface area contributed by atoms with Crippen LogP contribution in [-0.2, 0) is 23.2 Å². The summed E-state index contributed by atoms with van der Waals surface area (Å²) in [6, 6.07) is 13.6. The molecule has 0 aliphatic carbocycles. The van der Waals surface area contributed by atoms with Gasteiger partial charge < -0.3 is 14.2 Å². The SMILES string of the molecule is Cc1c(CCC(=O)NCc2ccccc2)c(=O)oc2cc3occ(C(C)(C)C)c3cc12. The summed E-state index contributed by atoms with van der Waals surface area (Å²) in [5.74, 6) is -0.0944. The zero-order valence-corrected chi connectivity index (χ0v) is 18.4. The molecule has 0 aliphatic rings. The number of amides is 1. The fraction of sp³-hybridized carbons (Fsp3) is 0.308. The molecule has 31 heavy (non-hydrogen) atoms. The van der Waals surface area contributed by atoms with Crippen LogP contribution in [-0.4, -0.2) is 5.91 Å². The number of carbonyl (C=O) groups excluding carboxylic acids is 1. The molecule has 0 unspecified atom stereocenters. The van der Waals surface area contributed by atoms with Crippen LogP contribution >= 0.6 is 0 Å². The summed E-state index contributed by atoms with van der Waals surface area (Å²) in [4.78, 5) is 24.9. The third-order valence-corrected chi connectivity index (χ3v) is 5.72. The lowest BCUT2D eigenvalue weighted by Gasteiger charge is -2.16. The van der Waals surface area contributed by atoms with Crippen LogP contribution in [0, 0.1) is 6.92 Å². The Morgan fingerprint density at radius 3 is 2.48 bits per heavy atom. The summed E-state index contributed by atoms with van der Waals surface area (Å²) in [6.45, 7) is 8.80. The Morgan fingerprint density at radius 2 is 1.77 bits per heavy atom. The summed E-state index contributed by atoms with van der Waals surface area (Å²) in [5.41, 5.74) is 4.28. The molecule has 2 aromatic heterocycles. The smallest absolute Gasteiger partial charge is 0.339 e. The van der Waals surface area contributed by atoms with Gasteiger partial charge in [-0.25, -0.2) is 4.79 Å². The first-order valence-corrected chi connectivity index (χ1v) is 10.5. The van der Waals surface area contributed by atoms with E-state index < -0.39 is 5.63 Å². The fourth-order valence-corrected chi connectivity index (χ4v) is 3.90. The second-order valence-electron chi connectivity index (χ2n) is 9.00. The highest BCUT2D eigenvalue weighted by molar-refractivity contribution is 5.96. The lowest BCUT2D eigenvalue weighted by molar-refractivity contribution is -0.121. The zero-order valence-electron chi connectivity index (χ0n) is 18.4. The topological polar surface area (TPSA) is 72.5 Å². The monoisotopic (exact) mass is 417 g/mol. The number of carbonyl (C=O) groups is 1. The van der Waals surface area contributed by atoms with Crippen molar-refractivity contribution in [3.63, 3.8) is 0 Å². The van der Waals surface area contributed by atoms with Gasteiger partial charge in [0.05, 0.1) is 6.26 Å². The van der Waals surface area contributed by atoms with Gasteiger partial charge in [0, 0.05) is 40.9 Å². The lowest BCUT2D eigenvalue weighted by Crippen LogP contribution is -2.24. The van der Waals surface area contributed by atoms with E-state index in [9.17, 15) is 9.59 Å². The normalized spacial score (nSPS) is 11.9. The van der Waals surface area contributed by atoms with Crippen molar-refractivity contribution in [1.29, 1.82) is 0 Å². The summed E-state index contributed by atoms with van der Waals surface area (Å²) < 4.78 is 11.3. The van der Waals surface area contributed by atoms with Crippen molar-refractivity contribution in [2.45, 2.75) is 52.5 Å². The molecule has 1 amide bonds. The highest BCUT2D eigenvalue weighted by Gasteiger charge is 2.21. The molecule has 0 saturated carbocycles. The summed E-state index contributed by atoms with van der Waals surface area (Å²) in [7, 11) is 0. The number of hydrogen-bond donors (Lipinski definition) is 1. The van der Waals surface area contributed by atoms with Crippen LogP contribution in [0.25, 0.3) is 21.9 Å². The third kappa shape index (κ3) is 4.26. The van der Waals surface area contributed by atoms with Crippen molar-refractivity contribution in [3.05, 3.63) is 81.4 Å². The van der Waals surface area contributed by atoms with Crippen LogP contribution in [0.4, 0.5) is 0 Å². The summed E-state index contributed by atoms with van der Waals surface area (Å²) in [6.07, 6.45) is 2.33. The molecule has 0 radical (unpaired) electrons. The van der Waals surface area contributed by atoms with Crippen LogP contribution in [0.5, 0.6) is 0 Å². The van der Waals surface area contributed by atoms with E-state index in [1.165, 1.54) is 0 Å². The van der Waals surface area contributed by atoms with Crippen LogP contribution in [0.15, 0.2) is 62.4 Å². The largest absolute Gasteiger partial charge is 0.464 e. The molecular weight excluding hydrogens is 390 g/mol. The van der Waals surface area contributed by atoms with Crippen molar-refractivity contribution in [3.8, 4) is 0 Å². The van der Waals surface area contributed by atoms with E-state index in [-0.39, 0.29) is 17.7 Å². The Labute approximate surface area is 181 Å². The Hall–Kier alpha value is -3.34. The van der Waals surface area contributed by atoms with Gasteiger partial charge in [-0.05, 0) is 36.0 Å². The van der Waals surface area contributed by atoms with Gasteiger partial charge in [-0.3, -0.25) is 4.79 Å². The Kier molecular flexibility index (Phi) is 5.44. The van der Waals surface area contributed by atoms with Crippen molar-refractivity contribution in [2.75, 3.05) is 0 Å². The highest BCUT2D eigenvalue weighted by atomic mass is 16.4. The Balaban J connectivity index is 1.59. The number of benzene rings is 2. The fourth-order valence-electron chi connectivity index (χ4n) is 3.90. The molecule has 5 nitrogen and oxygen atoms in total. The molecule has 1 N–H and O–H groups in total. The Morgan fingerprint density at radius 1 is 1.03 bits per heavy atom. The minimum absolute atomic E-state index is 0.0673. The maximum atomic E-state index is 12.6. The van der Waals surface area contributed by atoms with Gasteiger partial charge in [0.2, 0.25) is 5.91 Å². The zero-order chi connectivity index (χ0) is 22.2. The molecule has 0 aliphatic heterocycles. The van der Waals surface area contributed by atoms with Gasteiger partial charge in [-0.1, -0.05) is 51.1 Å². The van der Waals surface area contributed by atoms with Crippen molar-refractivity contribution in [1.82, 2.24) is 5.32 Å². The van der Waals surface area contributed by atoms with Crippen molar-refractivity contribution in [2.24, 2.45) is 0 Å². The molecule has 0 saturated heterocycles. The van der Waals surface area contributed by atoms with Gasteiger partial charge in [0.1, 0.15) is 11.2 Å². The molecule has 0 spiro atoms. The molecule has 4 aromatic rings. The summed E-state index contributed by atoms with van der Waals surface area (Å²) >= 11 is 0. The van der Waals surface area contributed by atoms with E-state index in [4.69, 9.17) is 8.83 Å². The van der Waals surface area contributed by atoms with Gasteiger partial charge >= 0.3 is 5.63 Å². The maximum absolute atomic E-state index is 12.6. The molecule has 160 valence electrons. The van der Waals surface area contributed by atoms with Crippen molar-refractivity contribution >= 4 is 27.8 Å². The molecule has 0 atom stereocenters. The van der Waals surface area contributed by atoms with E-state index in [2.05, 4.69) is 26.1 Å². The number of aryl methyl sites for hydroxylation is 1. The first kappa shape index (κ1) is 20.9. The highest BCUT2D eigenvalue weighted by Crippen LogP contribution is 2.35. The van der Waals surface area contributed by atoms with E-state index in [0.717, 1.165) is 27.5 Å². The van der Waals surface area contributed by atoms with Crippen LogP contribution < -0.4 is 10.9 Å². The van der Waals surface area contributed by atoms with Crippen LogP contribution in [0.1, 0.15) is 49.4 Å². The molecule has 5 heteroatoms. The molecule has 4 rings (SSSR count). The average molecular weight is 418 g/mol. The third-order valence-electron chi connectivity index (χ3n) is 5.72. The van der Waals surface area contributed by atoms with E-state index in [1.807, 2.05) is 43.3 Å². The molecule has 0 bridgehead atoms. The van der Waals surface area contributed by atoms with Crippen molar-refractivity contribution < 1.29 is 13.6 Å². The van der Waals surface area contributed by atoms with E-state index >= 15 is 0 Å². The molecule has 0 fully saturated rings. The van der Waals surface area contributed by atoms with Crippen LogP contribution in [0.2, 0.25) is 0 Å². The van der Waals surface area contributed by atoms with Gasteiger partial charge in [0.25, 0.3) is 0 Å². The minimum Gasteiger partial charge on any atom is -0.464 e. The van der Waals surface area contributed by atoms with E-state index in [1.54, 1.807) is 12.3 Å². The summed E-state index contributed by atoms with van der Waals surface area (Å²) in [5, 5.41) is 4.80. The lowest BCUT2D eigenvalue weighted by atomic mass is 9.86. The van der Waals surface area contributed by atoms with Gasteiger partial charge in [-0.2, -0.15) is 0 Å². The number of fused-ring (bicyclic) bond motifs is 2. The number of rotatable bonds is 5. The van der Waals surface area contributed by atoms with Gasteiger partial charge in [0.15, 0.2) is 0 Å². The number of hydrogen-bond acceptors (Lipinski definition) is 4. The minimum atomic E-state index is -0.400. The molecular formula is C26H27NO4. The maximum Gasteiger partial charge on any atom is 0.339 e. The first-order chi connectivity index (χ1) is 14.7. The Bertz CT molecular complexity index is 1310. The molecule has 2 heterocycles. The predicted molar refractivity (Wildman–Crippen MR) is 122 cm³/mol. The van der Waals surface area contributed by atoms with E-state index in [0.29, 0.717) is 29.7 Å². The quantitative estimate of drug-likeness (QED) is 0.442. The first-order valence-electron chi connectivity index (χ1n) is 10.5. The second-order valence-corrected chi connectivity index (χ2v) is 9.00. The molecule has 2 aromatic carbocycles. The number of nitrogens with one attached hydrogen (secondary N) is 1. The number of furan rings is 1. The second kappa shape index (κ2) is 8.06. The average Bonchev–Trinajstić information content (AvgIpc) is 3.15. The van der Waals surface area contributed by atoms with Gasteiger partial charge in [-0.15, -0.1) is 0 Å².